The number of ether oxygens (including phenoxy) is 1. The van der Waals surface area contributed by atoms with Crippen molar-refractivity contribution < 1.29 is 25.2 Å². The second-order valence-electron chi connectivity index (χ2n) is 11.0. The Balaban J connectivity index is 2.09. The summed E-state index contributed by atoms with van der Waals surface area (Å²) < 4.78 is 5.71. The molecule has 0 radical (unpaired) electrons. The van der Waals surface area contributed by atoms with Gasteiger partial charge in [0.1, 0.15) is 11.5 Å². The minimum absolute atomic E-state index is 0.0205. The SMILES string of the molecule is CC(C)(C)N(CC(O)c1ccc(O)c(COCc2cc(C(O)CN(N=O)C(C)(C)C)ccc2O)c1)N=O. The molecule has 0 aliphatic carbocycles. The van der Waals surface area contributed by atoms with E-state index >= 15 is 0 Å². The largest absolute Gasteiger partial charge is 0.508 e. The third kappa shape index (κ3) is 8.38. The van der Waals surface area contributed by atoms with Crippen molar-refractivity contribution in [1.82, 2.24) is 10.0 Å². The molecule has 11 heteroatoms. The first-order valence-corrected chi connectivity index (χ1v) is 12.0. The molecule has 0 amide bonds. The predicted octanol–water partition coefficient (Wildman–Crippen LogP) is 4.45. The van der Waals surface area contributed by atoms with Crippen LogP contribution in [0.5, 0.6) is 11.5 Å². The Morgan fingerprint density at radius 3 is 1.38 bits per heavy atom. The van der Waals surface area contributed by atoms with Crippen LogP contribution in [0.3, 0.4) is 0 Å². The van der Waals surface area contributed by atoms with Crippen LogP contribution >= 0.6 is 0 Å². The highest BCUT2D eigenvalue weighted by molar-refractivity contribution is 5.38. The Kier molecular flexibility index (Phi) is 9.96. The zero-order valence-corrected chi connectivity index (χ0v) is 22.2. The molecule has 204 valence electrons. The lowest BCUT2D eigenvalue weighted by atomic mass is 10.0. The Labute approximate surface area is 217 Å². The van der Waals surface area contributed by atoms with Crippen LogP contribution in [-0.2, 0) is 18.0 Å². The maximum absolute atomic E-state index is 11.2. The summed E-state index contributed by atoms with van der Waals surface area (Å²) in [7, 11) is 0. The van der Waals surface area contributed by atoms with E-state index in [4.69, 9.17) is 4.74 Å². The van der Waals surface area contributed by atoms with Gasteiger partial charge in [0.15, 0.2) is 0 Å². The number of benzene rings is 2. The smallest absolute Gasteiger partial charge is 0.121 e. The number of aliphatic hydroxyl groups excluding tert-OH is 2. The fourth-order valence-electron chi connectivity index (χ4n) is 3.53. The van der Waals surface area contributed by atoms with Crippen LogP contribution in [0.2, 0.25) is 0 Å². The maximum Gasteiger partial charge on any atom is 0.121 e. The van der Waals surface area contributed by atoms with Gasteiger partial charge in [0.25, 0.3) is 0 Å². The van der Waals surface area contributed by atoms with Crippen LogP contribution in [-0.4, -0.2) is 54.6 Å². The summed E-state index contributed by atoms with van der Waals surface area (Å²) >= 11 is 0. The second kappa shape index (κ2) is 12.3. The van der Waals surface area contributed by atoms with Crippen molar-refractivity contribution in [3.8, 4) is 11.5 Å². The number of nitroso groups, excluding NO2 is 2. The molecule has 0 aromatic heterocycles. The van der Waals surface area contributed by atoms with E-state index in [0.717, 1.165) is 0 Å². The van der Waals surface area contributed by atoms with E-state index in [-0.39, 0.29) is 37.8 Å². The number of phenols is 2. The van der Waals surface area contributed by atoms with Crippen molar-refractivity contribution in [3.63, 3.8) is 0 Å². The molecule has 0 spiro atoms. The number of rotatable bonds is 12. The Morgan fingerprint density at radius 2 is 1.08 bits per heavy atom. The number of β-amino-alcohol motifs (C(OH)–C–C–N with tert-alkyl or cyclic N) is 2. The van der Waals surface area contributed by atoms with E-state index in [0.29, 0.717) is 22.3 Å². The van der Waals surface area contributed by atoms with Gasteiger partial charge >= 0.3 is 0 Å². The van der Waals surface area contributed by atoms with E-state index < -0.39 is 23.3 Å². The van der Waals surface area contributed by atoms with E-state index in [9.17, 15) is 30.2 Å². The number of hydrogen-bond donors (Lipinski definition) is 4. The Hall–Kier alpha value is -3.28. The van der Waals surface area contributed by atoms with Crippen LogP contribution in [0, 0.1) is 9.81 Å². The summed E-state index contributed by atoms with van der Waals surface area (Å²) in [6, 6.07) is 9.15. The lowest BCUT2D eigenvalue weighted by Gasteiger charge is -2.31. The monoisotopic (exact) mass is 518 g/mol. The predicted molar refractivity (Wildman–Crippen MR) is 139 cm³/mol. The number of aromatic hydroxyl groups is 2. The van der Waals surface area contributed by atoms with Gasteiger partial charge in [0.2, 0.25) is 0 Å². The molecule has 2 rings (SSSR count). The molecule has 0 heterocycles. The zero-order chi connectivity index (χ0) is 28.0. The Morgan fingerprint density at radius 1 is 0.730 bits per heavy atom. The first kappa shape index (κ1) is 29.9. The average molecular weight is 519 g/mol. The summed E-state index contributed by atoms with van der Waals surface area (Å²) in [5.74, 6) is -0.0664. The van der Waals surface area contributed by atoms with E-state index in [1.165, 1.54) is 22.2 Å². The van der Waals surface area contributed by atoms with Gasteiger partial charge in [-0.2, -0.15) is 0 Å². The Bertz CT molecular complexity index is 982. The molecule has 0 bridgehead atoms. The first-order chi connectivity index (χ1) is 17.2. The second-order valence-corrected chi connectivity index (χ2v) is 11.0. The van der Waals surface area contributed by atoms with Crippen LogP contribution in [0.15, 0.2) is 47.0 Å². The van der Waals surface area contributed by atoms with Crippen LogP contribution in [0.4, 0.5) is 0 Å². The van der Waals surface area contributed by atoms with Gasteiger partial charge in [-0.15, -0.1) is 9.81 Å². The van der Waals surface area contributed by atoms with Crippen molar-refractivity contribution in [1.29, 1.82) is 0 Å². The summed E-state index contributed by atoms with van der Waals surface area (Å²) in [4.78, 5) is 22.3. The molecule has 0 aliphatic heterocycles. The highest BCUT2D eigenvalue weighted by Gasteiger charge is 2.26. The molecule has 2 atom stereocenters. The molecule has 4 N–H and O–H groups in total. The molecule has 2 aromatic rings. The van der Waals surface area contributed by atoms with E-state index in [1.807, 2.05) is 0 Å². The first-order valence-electron chi connectivity index (χ1n) is 12.0. The quantitative estimate of drug-likeness (QED) is 0.235. The highest BCUT2D eigenvalue weighted by atomic mass is 16.5. The van der Waals surface area contributed by atoms with Crippen molar-refractivity contribution in [2.45, 2.75) is 78.0 Å². The van der Waals surface area contributed by atoms with Crippen LogP contribution in [0.25, 0.3) is 0 Å². The lowest BCUT2D eigenvalue weighted by molar-refractivity contribution is 0.0586. The number of aliphatic hydroxyl groups is 2. The topological polar surface area (TPSA) is 155 Å². The van der Waals surface area contributed by atoms with Crippen LogP contribution in [0.1, 0.15) is 76.0 Å². The average Bonchev–Trinajstić information content (AvgIpc) is 2.81. The summed E-state index contributed by atoms with van der Waals surface area (Å²) in [5, 5.41) is 50.2. The number of nitrogens with zero attached hydrogens (tertiary/aromatic N) is 4. The summed E-state index contributed by atoms with van der Waals surface area (Å²) in [6.45, 7) is 10.7. The molecule has 2 unspecified atom stereocenters. The van der Waals surface area contributed by atoms with E-state index in [2.05, 4.69) is 10.6 Å². The fraction of sp³-hybridized carbons (Fsp3) is 0.538. The van der Waals surface area contributed by atoms with Gasteiger partial charge in [-0.05, 0) is 76.9 Å². The van der Waals surface area contributed by atoms with Crippen molar-refractivity contribution in [2.24, 2.45) is 10.6 Å². The van der Waals surface area contributed by atoms with Gasteiger partial charge in [0.05, 0.1) is 60.2 Å². The van der Waals surface area contributed by atoms with Crippen molar-refractivity contribution in [2.75, 3.05) is 13.1 Å². The van der Waals surface area contributed by atoms with Crippen LogP contribution < -0.4 is 0 Å². The fourth-order valence-corrected chi connectivity index (χ4v) is 3.53. The van der Waals surface area contributed by atoms with Crippen molar-refractivity contribution in [3.05, 3.63) is 68.5 Å². The molecule has 0 saturated heterocycles. The molecular formula is C26H38N4O7. The zero-order valence-electron chi connectivity index (χ0n) is 22.2. The van der Waals surface area contributed by atoms with Gasteiger partial charge < -0.3 is 25.2 Å². The molecule has 0 saturated carbocycles. The number of hydrogen-bond acceptors (Lipinski definition) is 9. The van der Waals surface area contributed by atoms with Gasteiger partial charge in [-0.25, -0.2) is 0 Å². The number of phenolic OH excluding ortho intramolecular Hbond substituents is 2. The molecule has 37 heavy (non-hydrogen) atoms. The standard InChI is InChI=1S/C26H38N4O7/c1-25(2,3)29(27-35)13-23(33)17-7-9-21(31)19(11-17)15-37-16-20-12-18(8-10-22(20)32)24(34)14-30(28-36)26(4,5)6/h7-12,23-24,31-34H,13-16H2,1-6H3. The third-order valence-corrected chi connectivity index (χ3v) is 5.93. The molecule has 0 aliphatic rings. The summed E-state index contributed by atoms with van der Waals surface area (Å²) in [5.41, 5.74) is 0.650. The third-order valence-electron chi connectivity index (χ3n) is 5.93. The molecule has 2 aromatic carbocycles. The summed E-state index contributed by atoms with van der Waals surface area (Å²) in [6.07, 6.45) is -2.04. The van der Waals surface area contributed by atoms with Gasteiger partial charge in [-0.3, -0.25) is 10.0 Å². The molecular weight excluding hydrogens is 480 g/mol. The van der Waals surface area contributed by atoms with Gasteiger partial charge in [0, 0.05) is 11.1 Å². The highest BCUT2D eigenvalue weighted by Crippen LogP contribution is 2.28. The minimum atomic E-state index is -1.02. The normalized spacial score (nSPS) is 13.6. The van der Waals surface area contributed by atoms with E-state index in [1.54, 1.807) is 65.8 Å². The molecule has 0 fully saturated rings. The molecule has 11 nitrogen and oxygen atoms in total. The lowest BCUT2D eigenvalue weighted by Crippen LogP contribution is -2.39. The maximum atomic E-state index is 11.2. The van der Waals surface area contributed by atoms with Crippen molar-refractivity contribution >= 4 is 0 Å². The van der Waals surface area contributed by atoms with Gasteiger partial charge in [-0.1, -0.05) is 12.1 Å². The minimum Gasteiger partial charge on any atom is -0.508 e.